The largest absolute Gasteiger partial charge is 0.320 e. The summed E-state index contributed by atoms with van der Waals surface area (Å²) in [4.78, 5) is 0. The molecule has 0 fully saturated rings. The summed E-state index contributed by atoms with van der Waals surface area (Å²) in [5, 5.41) is 3.21. The highest BCUT2D eigenvalue weighted by Crippen LogP contribution is 2.12. The van der Waals surface area contributed by atoms with Gasteiger partial charge >= 0.3 is 0 Å². The summed E-state index contributed by atoms with van der Waals surface area (Å²) in [7, 11) is 2.04. The third-order valence-electron chi connectivity index (χ3n) is 4.23. The van der Waals surface area contributed by atoms with Gasteiger partial charge in [-0.25, -0.2) is 0 Å². The van der Waals surface area contributed by atoms with E-state index in [2.05, 4.69) is 36.5 Å². The highest BCUT2D eigenvalue weighted by Gasteiger charge is 1.96. The van der Waals surface area contributed by atoms with Crippen LogP contribution in [0.5, 0.6) is 0 Å². The quantitative estimate of drug-likeness (QED) is 0.471. The maximum Gasteiger partial charge on any atom is -0.00519 e. The van der Waals surface area contributed by atoms with Crippen molar-refractivity contribution < 1.29 is 0 Å². The van der Waals surface area contributed by atoms with Crippen molar-refractivity contribution in [1.82, 2.24) is 5.32 Å². The molecule has 0 aliphatic rings. The monoisotopic (exact) mass is 289 g/mol. The molecule has 1 aromatic carbocycles. The van der Waals surface area contributed by atoms with Gasteiger partial charge in [-0.3, -0.25) is 0 Å². The Hall–Kier alpha value is -0.820. The highest BCUT2D eigenvalue weighted by molar-refractivity contribution is 5.22. The zero-order valence-electron chi connectivity index (χ0n) is 14.3. The second-order valence-electron chi connectivity index (χ2n) is 6.25. The zero-order valence-corrected chi connectivity index (χ0v) is 14.3. The minimum atomic E-state index is 1.17. The summed E-state index contributed by atoms with van der Waals surface area (Å²) in [6.07, 6.45) is 14.8. The van der Waals surface area contributed by atoms with Crippen molar-refractivity contribution >= 4 is 0 Å². The number of hydrogen-bond acceptors (Lipinski definition) is 1. The number of hydrogen-bond donors (Lipinski definition) is 1. The van der Waals surface area contributed by atoms with E-state index in [9.17, 15) is 0 Å². The predicted molar refractivity (Wildman–Crippen MR) is 95.0 cm³/mol. The molecule has 0 saturated heterocycles. The lowest BCUT2D eigenvalue weighted by Crippen LogP contribution is -2.06. The summed E-state index contributed by atoms with van der Waals surface area (Å²) in [6, 6.07) is 9.32. The third kappa shape index (κ3) is 9.68. The molecule has 1 N–H and O–H groups in total. The van der Waals surface area contributed by atoms with Crippen LogP contribution in [0.15, 0.2) is 24.3 Å². The number of aryl methyl sites for hydroxylation is 2. The average molecular weight is 290 g/mol. The second kappa shape index (κ2) is 12.9. The van der Waals surface area contributed by atoms with Gasteiger partial charge in [0.2, 0.25) is 0 Å². The van der Waals surface area contributed by atoms with Crippen LogP contribution >= 0.6 is 0 Å². The van der Waals surface area contributed by atoms with Crippen LogP contribution in [-0.2, 0) is 12.8 Å². The van der Waals surface area contributed by atoms with Gasteiger partial charge in [0, 0.05) is 0 Å². The molecule has 0 unspecified atom stereocenters. The maximum atomic E-state index is 3.21. The van der Waals surface area contributed by atoms with Crippen LogP contribution < -0.4 is 5.32 Å². The minimum absolute atomic E-state index is 1.17. The first kappa shape index (κ1) is 18.2. The molecule has 0 amide bonds. The predicted octanol–water partition coefficient (Wildman–Crippen LogP) is 5.52. The van der Waals surface area contributed by atoms with Crippen LogP contribution in [0.25, 0.3) is 0 Å². The van der Waals surface area contributed by atoms with Gasteiger partial charge in [0.1, 0.15) is 0 Å². The summed E-state index contributed by atoms with van der Waals surface area (Å²) in [5.74, 6) is 0. The molecule has 1 heteroatoms. The molecular weight excluding hydrogens is 254 g/mol. The van der Waals surface area contributed by atoms with Gasteiger partial charge < -0.3 is 5.32 Å². The van der Waals surface area contributed by atoms with Gasteiger partial charge in [0.05, 0.1) is 0 Å². The number of rotatable bonds is 13. The van der Waals surface area contributed by atoms with Crippen LogP contribution in [0.3, 0.4) is 0 Å². The molecule has 0 radical (unpaired) electrons. The fourth-order valence-electron chi connectivity index (χ4n) is 2.77. The Bertz CT molecular complexity index is 328. The Kier molecular flexibility index (Phi) is 11.2. The number of unbranched alkanes of at least 4 members (excludes halogenated alkanes) is 7. The van der Waals surface area contributed by atoms with Crippen LogP contribution in [0.1, 0.15) is 75.8 Å². The molecule has 0 saturated carbocycles. The van der Waals surface area contributed by atoms with E-state index in [0.29, 0.717) is 0 Å². The molecule has 1 nitrogen and oxygen atoms in total. The first-order valence-electron chi connectivity index (χ1n) is 9.09. The Balaban J connectivity index is 1.99. The van der Waals surface area contributed by atoms with Crippen molar-refractivity contribution in [3.8, 4) is 0 Å². The fraction of sp³-hybridized carbons (Fsp3) is 0.700. The molecule has 0 atom stereocenters. The normalized spacial score (nSPS) is 11.0. The molecule has 21 heavy (non-hydrogen) atoms. The van der Waals surface area contributed by atoms with Crippen molar-refractivity contribution in [2.45, 2.75) is 77.6 Å². The first-order chi connectivity index (χ1) is 10.4. The van der Waals surface area contributed by atoms with Crippen molar-refractivity contribution in [2.24, 2.45) is 0 Å². The first-order valence-corrected chi connectivity index (χ1v) is 9.09. The molecule has 1 rings (SSSR count). The van der Waals surface area contributed by atoms with E-state index in [1.807, 2.05) is 7.05 Å². The van der Waals surface area contributed by atoms with Gasteiger partial charge in [-0.15, -0.1) is 0 Å². The second-order valence-corrected chi connectivity index (χ2v) is 6.25. The SMILES string of the molecule is CCCCc1ccc(CCCCCCCCCNC)cc1. The van der Waals surface area contributed by atoms with Gasteiger partial charge in [-0.2, -0.15) is 0 Å². The van der Waals surface area contributed by atoms with Crippen molar-refractivity contribution in [3.63, 3.8) is 0 Å². The van der Waals surface area contributed by atoms with E-state index in [1.54, 1.807) is 0 Å². The smallest absolute Gasteiger partial charge is 0.00519 e. The maximum absolute atomic E-state index is 3.21. The van der Waals surface area contributed by atoms with Crippen LogP contribution in [0.4, 0.5) is 0 Å². The summed E-state index contributed by atoms with van der Waals surface area (Å²) >= 11 is 0. The zero-order chi connectivity index (χ0) is 15.2. The van der Waals surface area contributed by atoms with Crippen LogP contribution in [0.2, 0.25) is 0 Å². The molecule has 0 bridgehead atoms. The van der Waals surface area contributed by atoms with Gasteiger partial charge in [0.25, 0.3) is 0 Å². The van der Waals surface area contributed by atoms with Crippen molar-refractivity contribution in [1.29, 1.82) is 0 Å². The molecule has 0 aliphatic carbocycles. The molecule has 0 aliphatic heterocycles. The molecule has 0 aromatic heterocycles. The topological polar surface area (TPSA) is 12.0 Å². The Morgan fingerprint density at radius 1 is 0.667 bits per heavy atom. The fourth-order valence-corrected chi connectivity index (χ4v) is 2.77. The van der Waals surface area contributed by atoms with Crippen LogP contribution in [-0.4, -0.2) is 13.6 Å². The Labute approximate surface area is 132 Å². The molecule has 120 valence electrons. The van der Waals surface area contributed by atoms with E-state index in [4.69, 9.17) is 0 Å². The van der Waals surface area contributed by atoms with E-state index >= 15 is 0 Å². The molecule has 0 spiro atoms. The molecular formula is C20H35N. The van der Waals surface area contributed by atoms with E-state index in [1.165, 1.54) is 88.3 Å². The Morgan fingerprint density at radius 2 is 1.14 bits per heavy atom. The molecule has 0 heterocycles. The van der Waals surface area contributed by atoms with Crippen molar-refractivity contribution in [2.75, 3.05) is 13.6 Å². The van der Waals surface area contributed by atoms with E-state index in [0.717, 1.165) is 0 Å². The summed E-state index contributed by atoms with van der Waals surface area (Å²) in [5.41, 5.74) is 3.02. The van der Waals surface area contributed by atoms with E-state index in [-0.39, 0.29) is 0 Å². The van der Waals surface area contributed by atoms with Crippen LogP contribution in [0, 0.1) is 0 Å². The lowest BCUT2D eigenvalue weighted by molar-refractivity contribution is 0.570. The summed E-state index contributed by atoms with van der Waals surface area (Å²) in [6.45, 7) is 3.43. The lowest BCUT2D eigenvalue weighted by Gasteiger charge is -2.05. The lowest BCUT2D eigenvalue weighted by atomic mass is 10.0. The summed E-state index contributed by atoms with van der Waals surface area (Å²) < 4.78 is 0. The van der Waals surface area contributed by atoms with Gasteiger partial charge in [0.15, 0.2) is 0 Å². The third-order valence-corrected chi connectivity index (χ3v) is 4.23. The van der Waals surface area contributed by atoms with Gasteiger partial charge in [-0.1, -0.05) is 69.7 Å². The highest BCUT2D eigenvalue weighted by atomic mass is 14.8. The number of nitrogens with one attached hydrogen (secondary N) is 1. The average Bonchev–Trinajstić information content (AvgIpc) is 2.52. The van der Waals surface area contributed by atoms with Gasteiger partial charge in [-0.05, 0) is 56.8 Å². The van der Waals surface area contributed by atoms with E-state index < -0.39 is 0 Å². The minimum Gasteiger partial charge on any atom is -0.320 e. The standard InChI is InChI=1S/C20H35N/c1-3-4-12-19-14-16-20(17-15-19)13-10-8-6-5-7-9-11-18-21-2/h14-17,21H,3-13,18H2,1-2H3. The number of benzene rings is 1. The molecule has 1 aromatic rings. The van der Waals surface area contributed by atoms with Crippen molar-refractivity contribution in [3.05, 3.63) is 35.4 Å². The Morgan fingerprint density at radius 3 is 1.67 bits per heavy atom.